The van der Waals surface area contributed by atoms with Gasteiger partial charge in [-0.3, -0.25) is 0 Å². The highest BCUT2D eigenvalue weighted by atomic mass is 32.2. The van der Waals surface area contributed by atoms with Crippen LogP contribution >= 0.6 is 0 Å². The molecule has 0 aliphatic heterocycles. The van der Waals surface area contributed by atoms with E-state index in [1.54, 1.807) is 38.1 Å². The van der Waals surface area contributed by atoms with Gasteiger partial charge in [0.2, 0.25) is 10.0 Å². The van der Waals surface area contributed by atoms with Crippen molar-refractivity contribution in [2.75, 3.05) is 0 Å². The smallest absolute Gasteiger partial charge is 0.246 e. The first-order valence-corrected chi connectivity index (χ1v) is 7.53. The highest BCUT2D eigenvalue weighted by Crippen LogP contribution is 2.18. The first kappa shape index (κ1) is 14.7. The summed E-state index contributed by atoms with van der Waals surface area (Å²) in [6.07, 6.45) is 0. The Bertz CT molecular complexity index is 670. The van der Waals surface area contributed by atoms with E-state index in [0.29, 0.717) is 5.69 Å². The molecule has 0 atom stereocenters. The lowest BCUT2D eigenvalue weighted by atomic mass is 10.1. The second-order valence-electron chi connectivity index (χ2n) is 4.45. The van der Waals surface area contributed by atoms with Crippen molar-refractivity contribution < 1.29 is 18.0 Å². The number of aliphatic hydroxyl groups is 1. The Morgan fingerprint density at radius 2 is 1.80 bits per heavy atom. The van der Waals surface area contributed by atoms with Gasteiger partial charge >= 0.3 is 0 Å². The van der Waals surface area contributed by atoms with Crippen molar-refractivity contribution in [3.05, 3.63) is 46.8 Å². The molecule has 20 heavy (non-hydrogen) atoms. The summed E-state index contributed by atoms with van der Waals surface area (Å²) in [5, 5.41) is 12.6. The van der Waals surface area contributed by atoms with Crippen molar-refractivity contribution in [2.45, 2.75) is 31.9 Å². The molecule has 0 radical (unpaired) electrons. The second kappa shape index (κ2) is 5.74. The number of rotatable bonds is 5. The molecule has 0 aliphatic rings. The minimum atomic E-state index is -3.65. The molecule has 0 bridgehead atoms. The van der Waals surface area contributed by atoms with E-state index in [0.717, 1.165) is 11.1 Å². The summed E-state index contributed by atoms with van der Waals surface area (Å²) >= 11 is 0. The van der Waals surface area contributed by atoms with Crippen LogP contribution in [0.4, 0.5) is 0 Å². The molecule has 7 heteroatoms. The summed E-state index contributed by atoms with van der Waals surface area (Å²) in [7, 11) is -3.65. The van der Waals surface area contributed by atoms with E-state index in [1.165, 1.54) is 0 Å². The first-order chi connectivity index (χ1) is 9.44. The molecule has 1 aromatic carbocycles. The number of nitrogens with zero attached hydrogens (tertiary/aromatic N) is 1. The molecule has 1 aromatic heterocycles. The topological polar surface area (TPSA) is 92.4 Å². The maximum absolute atomic E-state index is 12.2. The van der Waals surface area contributed by atoms with Crippen LogP contribution in [0.25, 0.3) is 0 Å². The molecular formula is C13H16N2O4S. The fourth-order valence-electron chi connectivity index (χ4n) is 1.87. The molecular weight excluding hydrogens is 280 g/mol. The van der Waals surface area contributed by atoms with Crippen LogP contribution in [0, 0.1) is 13.8 Å². The van der Waals surface area contributed by atoms with E-state index < -0.39 is 10.0 Å². The fraction of sp³-hybridized carbons (Fsp3) is 0.308. The van der Waals surface area contributed by atoms with Gasteiger partial charge in [-0.1, -0.05) is 29.4 Å². The number of aryl methyl sites for hydroxylation is 2. The lowest BCUT2D eigenvalue weighted by Crippen LogP contribution is -2.24. The SMILES string of the molecule is Cc1noc(C)c1S(=O)(=O)NCc1ccc(CO)cc1. The Labute approximate surface area is 117 Å². The lowest BCUT2D eigenvalue weighted by molar-refractivity contribution is 0.282. The molecule has 0 fully saturated rings. The zero-order valence-electron chi connectivity index (χ0n) is 11.3. The van der Waals surface area contributed by atoms with Crippen LogP contribution in [0.5, 0.6) is 0 Å². The zero-order valence-corrected chi connectivity index (χ0v) is 12.1. The quantitative estimate of drug-likeness (QED) is 0.866. The fourth-order valence-corrected chi connectivity index (χ4v) is 3.21. The van der Waals surface area contributed by atoms with Gasteiger partial charge in [-0.25, -0.2) is 13.1 Å². The van der Waals surface area contributed by atoms with E-state index in [2.05, 4.69) is 9.88 Å². The summed E-state index contributed by atoms with van der Waals surface area (Å²) in [5.41, 5.74) is 1.92. The molecule has 6 nitrogen and oxygen atoms in total. The molecule has 0 unspecified atom stereocenters. The summed E-state index contributed by atoms with van der Waals surface area (Å²) in [4.78, 5) is 0.0875. The maximum Gasteiger partial charge on any atom is 0.246 e. The average molecular weight is 296 g/mol. The van der Waals surface area contributed by atoms with Crippen molar-refractivity contribution >= 4 is 10.0 Å². The monoisotopic (exact) mass is 296 g/mol. The number of aromatic nitrogens is 1. The Balaban J connectivity index is 2.13. The van der Waals surface area contributed by atoms with Crippen LogP contribution in [0.15, 0.2) is 33.7 Å². The van der Waals surface area contributed by atoms with Gasteiger partial charge in [-0.05, 0) is 25.0 Å². The van der Waals surface area contributed by atoms with Gasteiger partial charge in [0, 0.05) is 6.54 Å². The number of hydrogen-bond donors (Lipinski definition) is 2. The lowest BCUT2D eigenvalue weighted by Gasteiger charge is -2.06. The molecule has 1 heterocycles. The van der Waals surface area contributed by atoms with Gasteiger partial charge in [0.05, 0.1) is 6.61 Å². The number of benzene rings is 1. The number of nitrogens with one attached hydrogen (secondary N) is 1. The summed E-state index contributed by atoms with van der Waals surface area (Å²) in [5.74, 6) is 0.269. The van der Waals surface area contributed by atoms with Crippen molar-refractivity contribution in [3.63, 3.8) is 0 Å². The highest BCUT2D eigenvalue weighted by Gasteiger charge is 2.23. The maximum atomic E-state index is 12.2. The summed E-state index contributed by atoms with van der Waals surface area (Å²) in [6.45, 7) is 3.27. The Hall–Kier alpha value is -1.70. The molecule has 2 aromatic rings. The van der Waals surface area contributed by atoms with Crippen molar-refractivity contribution in [3.8, 4) is 0 Å². The first-order valence-electron chi connectivity index (χ1n) is 6.05. The highest BCUT2D eigenvalue weighted by molar-refractivity contribution is 7.89. The number of hydrogen-bond acceptors (Lipinski definition) is 5. The number of aliphatic hydroxyl groups excluding tert-OH is 1. The van der Waals surface area contributed by atoms with Crippen LogP contribution in [-0.2, 0) is 23.2 Å². The van der Waals surface area contributed by atoms with Gasteiger partial charge in [0.1, 0.15) is 10.6 Å². The van der Waals surface area contributed by atoms with Gasteiger partial charge in [0.15, 0.2) is 5.76 Å². The molecule has 0 amide bonds. The van der Waals surface area contributed by atoms with E-state index in [-0.39, 0.29) is 23.8 Å². The molecule has 0 aliphatic carbocycles. The Morgan fingerprint density at radius 3 is 2.30 bits per heavy atom. The summed E-state index contributed by atoms with van der Waals surface area (Å²) < 4.78 is 31.7. The normalized spacial score (nSPS) is 11.8. The third kappa shape index (κ3) is 3.06. The molecule has 2 rings (SSSR count). The largest absolute Gasteiger partial charge is 0.392 e. The third-order valence-electron chi connectivity index (χ3n) is 2.91. The van der Waals surface area contributed by atoms with Crippen LogP contribution < -0.4 is 4.72 Å². The van der Waals surface area contributed by atoms with Crippen molar-refractivity contribution in [2.24, 2.45) is 0 Å². The Kier molecular flexibility index (Phi) is 4.22. The molecule has 2 N–H and O–H groups in total. The van der Waals surface area contributed by atoms with Crippen LogP contribution in [0.2, 0.25) is 0 Å². The van der Waals surface area contributed by atoms with E-state index in [4.69, 9.17) is 9.63 Å². The van der Waals surface area contributed by atoms with Gasteiger partial charge < -0.3 is 9.63 Å². The van der Waals surface area contributed by atoms with Crippen molar-refractivity contribution in [1.82, 2.24) is 9.88 Å². The average Bonchev–Trinajstić information content (AvgIpc) is 2.77. The molecule has 0 spiro atoms. The van der Waals surface area contributed by atoms with Crippen LogP contribution in [-0.4, -0.2) is 18.7 Å². The molecule has 0 saturated heterocycles. The van der Waals surface area contributed by atoms with Gasteiger partial charge in [-0.2, -0.15) is 0 Å². The third-order valence-corrected chi connectivity index (χ3v) is 4.55. The van der Waals surface area contributed by atoms with E-state index >= 15 is 0 Å². The standard InChI is InChI=1S/C13H16N2O4S/c1-9-13(10(2)19-15-9)20(17,18)14-7-11-3-5-12(8-16)6-4-11/h3-6,14,16H,7-8H2,1-2H3. The molecule has 108 valence electrons. The predicted octanol–water partition coefficient (Wildman–Crippen LogP) is 1.26. The van der Waals surface area contributed by atoms with Gasteiger partial charge in [-0.15, -0.1) is 0 Å². The van der Waals surface area contributed by atoms with Crippen LogP contribution in [0.3, 0.4) is 0 Å². The zero-order chi connectivity index (χ0) is 14.8. The van der Waals surface area contributed by atoms with Crippen LogP contribution in [0.1, 0.15) is 22.6 Å². The summed E-state index contributed by atoms with van der Waals surface area (Å²) in [6, 6.07) is 7.03. The minimum absolute atomic E-state index is 0.0366. The van der Waals surface area contributed by atoms with E-state index in [9.17, 15) is 8.42 Å². The van der Waals surface area contributed by atoms with Gasteiger partial charge in [0.25, 0.3) is 0 Å². The predicted molar refractivity (Wildman–Crippen MR) is 72.4 cm³/mol. The molecule has 0 saturated carbocycles. The van der Waals surface area contributed by atoms with E-state index in [1.807, 2.05) is 0 Å². The second-order valence-corrected chi connectivity index (χ2v) is 6.16. The minimum Gasteiger partial charge on any atom is -0.392 e. The van der Waals surface area contributed by atoms with Crippen molar-refractivity contribution in [1.29, 1.82) is 0 Å². The number of sulfonamides is 1. The Morgan fingerprint density at radius 1 is 1.20 bits per heavy atom.